The number of hydrogen-bond donors (Lipinski definition) is 3. The molecule has 3 amide bonds. The van der Waals surface area contributed by atoms with E-state index in [1.807, 2.05) is 12.1 Å². The summed E-state index contributed by atoms with van der Waals surface area (Å²) >= 11 is 0. The second-order valence-corrected chi connectivity index (χ2v) is 6.42. The molecule has 5 nitrogen and oxygen atoms in total. The Morgan fingerprint density at radius 3 is 2.68 bits per heavy atom. The fourth-order valence-corrected chi connectivity index (χ4v) is 3.26. The van der Waals surface area contributed by atoms with Crippen molar-refractivity contribution in [2.24, 2.45) is 5.73 Å². The van der Waals surface area contributed by atoms with Crippen LogP contribution in [-0.4, -0.2) is 24.5 Å². The van der Waals surface area contributed by atoms with Crippen molar-refractivity contribution in [3.05, 3.63) is 70.8 Å². The van der Waals surface area contributed by atoms with E-state index in [1.54, 1.807) is 18.2 Å². The highest BCUT2D eigenvalue weighted by atomic mass is 16.2. The molecule has 0 heterocycles. The van der Waals surface area contributed by atoms with Crippen LogP contribution in [0.3, 0.4) is 0 Å². The van der Waals surface area contributed by atoms with E-state index in [-0.39, 0.29) is 12.1 Å². The van der Waals surface area contributed by atoms with Crippen LogP contribution in [0.2, 0.25) is 0 Å². The summed E-state index contributed by atoms with van der Waals surface area (Å²) in [6.45, 7) is 0.511. The van der Waals surface area contributed by atoms with E-state index in [0.717, 1.165) is 24.8 Å². The Hall–Kier alpha value is -2.82. The van der Waals surface area contributed by atoms with Crippen molar-refractivity contribution in [2.75, 3.05) is 6.54 Å². The number of carbonyl (C=O) groups is 2. The third-order valence-corrected chi connectivity index (χ3v) is 4.59. The normalized spacial score (nSPS) is 15.9. The number of hydrogen-bond acceptors (Lipinski definition) is 2. The van der Waals surface area contributed by atoms with Gasteiger partial charge in [-0.05, 0) is 54.5 Å². The van der Waals surface area contributed by atoms with Crippen LogP contribution in [0.25, 0.3) is 0 Å². The first-order valence-corrected chi connectivity index (χ1v) is 8.62. The lowest BCUT2D eigenvalue weighted by molar-refractivity contribution is 0.1000. The first-order valence-electron chi connectivity index (χ1n) is 8.62. The van der Waals surface area contributed by atoms with Gasteiger partial charge in [0.05, 0.1) is 0 Å². The molecule has 1 aliphatic rings. The molecule has 1 aliphatic carbocycles. The molecule has 5 heteroatoms. The zero-order valence-electron chi connectivity index (χ0n) is 14.1. The molecule has 0 spiro atoms. The number of nitrogens with two attached hydrogens (primary N) is 1. The summed E-state index contributed by atoms with van der Waals surface area (Å²) in [6, 6.07) is 15.6. The molecule has 0 aromatic heterocycles. The fraction of sp³-hybridized carbons (Fsp3) is 0.300. The molecule has 0 bridgehead atoms. The van der Waals surface area contributed by atoms with Gasteiger partial charge in [-0.3, -0.25) is 4.79 Å². The second kappa shape index (κ2) is 7.83. The molecule has 1 atom stereocenters. The van der Waals surface area contributed by atoms with Gasteiger partial charge in [0.25, 0.3) is 0 Å². The van der Waals surface area contributed by atoms with E-state index >= 15 is 0 Å². The SMILES string of the molecule is NC(=O)c1cccc(CCNC(=O)N[C@@H]2CCc3ccccc3C2)c1. The predicted octanol–water partition coefficient (Wildman–Crippen LogP) is 2.18. The molecule has 0 unspecified atom stereocenters. The lowest BCUT2D eigenvalue weighted by atomic mass is 9.88. The lowest BCUT2D eigenvalue weighted by Crippen LogP contribution is -2.45. The van der Waals surface area contributed by atoms with Crippen molar-refractivity contribution in [3.8, 4) is 0 Å². The van der Waals surface area contributed by atoms with Crippen molar-refractivity contribution in [2.45, 2.75) is 31.7 Å². The van der Waals surface area contributed by atoms with Crippen molar-refractivity contribution in [1.82, 2.24) is 10.6 Å². The van der Waals surface area contributed by atoms with Gasteiger partial charge in [0, 0.05) is 18.2 Å². The maximum atomic E-state index is 12.1. The minimum Gasteiger partial charge on any atom is -0.366 e. The third kappa shape index (κ3) is 4.59. The van der Waals surface area contributed by atoms with E-state index in [4.69, 9.17) is 5.73 Å². The molecule has 0 radical (unpaired) electrons. The zero-order chi connectivity index (χ0) is 17.6. The predicted molar refractivity (Wildman–Crippen MR) is 97.5 cm³/mol. The highest BCUT2D eigenvalue weighted by Crippen LogP contribution is 2.20. The maximum Gasteiger partial charge on any atom is 0.315 e. The van der Waals surface area contributed by atoms with Crippen LogP contribution in [0.5, 0.6) is 0 Å². The summed E-state index contributed by atoms with van der Waals surface area (Å²) in [5, 5.41) is 5.94. The van der Waals surface area contributed by atoms with Gasteiger partial charge in [-0.15, -0.1) is 0 Å². The van der Waals surface area contributed by atoms with Gasteiger partial charge in [0.1, 0.15) is 0 Å². The number of benzene rings is 2. The number of rotatable bonds is 5. The van der Waals surface area contributed by atoms with E-state index < -0.39 is 5.91 Å². The van der Waals surface area contributed by atoms with Gasteiger partial charge in [-0.1, -0.05) is 36.4 Å². The van der Waals surface area contributed by atoms with Crippen LogP contribution in [0.4, 0.5) is 4.79 Å². The molecule has 25 heavy (non-hydrogen) atoms. The lowest BCUT2D eigenvalue weighted by Gasteiger charge is -2.25. The summed E-state index contributed by atoms with van der Waals surface area (Å²) in [7, 11) is 0. The number of aryl methyl sites for hydroxylation is 1. The van der Waals surface area contributed by atoms with Gasteiger partial charge in [-0.25, -0.2) is 4.79 Å². The molecule has 2 aromatic rings. The Bertz CT molecular complexity index is 773. The average Bonchev–Trinajstić information content (AvgIpc) is 2.62. The Labute approximate surface area is 147 Å². The second-order valence-electron chi connectivity index (χ2n) is 6.42. The Morgan fingerprint density at radius 2 is 1.88 bits per heavy atom. The maximum absolute atomic E-state index is 12.1. The number of fused-ring (bicyclic) bond motifs is 1. The molecule has 0 aliphatic heterocycles. The molecule has 0 fully saturated rings. The average molecular weight is 337 g/mol. The molecular formula is C20H23N3O2. The highest BCUT2D eigenvalue weighted by molar-refractivity contribution is 5.92. The van der Waals surface area contributed by atoms with E-state index in [2.05, 4.69) is 28.8 Å². The van der Waals surface area contributed by atoms with Gasteiger partial charge in [0.15, 0.2) is 0 Å². The highest BCUT2D eigenvalue weighted by Gasteiger charge is 2.19. The minimum absolute atomic E-state index is 0.143. The summed E-state index contributed by atoms with van der Waals surface area (Å²) in [6.07, 6.45) is 3.50. The van der Waals surface area contributed by atoms with Crippen molar-refractivity contribution < 1.29 is 9.59 Å². The number of primary amides is 1. The van der Waals surface area contributed by atoms with Gasteiger partial charge >= 0.3 is 6.03 Å². The van der Waals surface area contributed by atoms with E-state index in [0.29, 0.717) is 18.5 Å². The summed E-state index contributed by atoms with van der Waals surface area (Å²) < 4.78 is 0. The standard InChI is InChI=1S/C20H23N3O2/c21-19(24)17-7-3-4-14(12-17)10-11-22-20(25)23-18-9-8-15-5-1-2-6-16(15)13-18/h1-7,12,18H,8-11,13H2,(H2,21,24)(H2,22,23,25)/t18-/m1/s1. The van der Waals surface area contributed by atoms with Crippen LogP contribution < -0.4 is 16.4 Å². The minimum atomic E-state index is -0.440. The molecule has 130 valence electrons. The Balaban J connectivity index is 1.44. The molecule has 0 saturated heterocycles. The summed E-state index contributed by atoms with van der Waals surface area (Å²) in [5.41, 5.74) is 9.45. The monoisotopic (exact) mass is 337 g/mol. The van der Waals surface area contributed by atoms with Crippen LogP contribution in [0.1, 0.15) is 33.5 Å². The topological polar surface area (TPSA) is 84.2 Å². The van der Waals surface area contributed by atoms with Gasteiger partial charge in [-0.2, -0.15) is 0 Å². The Morgan fingerprint density at radius 1 is 1.08 bits per heavy atom. The molecular weight excluding hydrogens is 314 g/mol. The largest absolute Gasteiger partial charge is 0.366 e. The van der Waals surface area contributed by atoms with E-state index in [9.17, 15) is 9.59 Å². The first-order chi connectivity index (χ1) is 12.1. The van der Waals surface area contributed by atoms with Crippen molar-refractivity contribution in [1.29, 1.82) is 0 Å². The quantitative estimate of drug-likeness (QED) is 0.781. The molecule has 0 saturated carbocycles. The summed E-state index contributed by atoms with van der Waals surface area (Å²) in [5.74, 6) is -0.440. The molecule has 3 rings (SSSR count). The van der Waals surface area contributed by atoms with Crippen LogP contribution in [-0.2, 0) is 19.3 Å². The third-order valence-electron chi connectivity index (χ3n) is 4.59. The van der Waals surface area contributed by atoms with Crippen LogP contribution >= 0.6 is 0 Å². The number of amides is 3. The number of urea groups is 1. The Kier molecular flexibility index (Phi) is 5.33. The number of carbonyl (C=O) groups excluding carboxylic acids is 2. The first kappa shape index (κ1) is 17.0. The fourth-order valence-electron chi connectivity index (χ4n) is 3.26. The smallest absolute Gasteiger partial charge is 0.315 e. The van der Waals surface area contributed by atoms with Crippen LogP contribution in [0, 0.1) is 0 Å². The van der Waals surface area contributed by atoms with Crippen molar-refractivity contribution in [3.63, 3.8) is 0 Å². The zero-order valence-corrected chi connectivity index (χ0v) is 14.1. The van der Waals surface area contributed by atoms with Gasteiger partial charge < -0.3 is 16.4 Å². The van der Waals surface area contributed by atoms with Crippen molar-refractivity contribution >= 4 is 11.9 Å². The molecule has 4 N–H and O–H groups in total. The van der Waals surface area contributed by atoms with E-state index in [1.165, 1.54) is 11.1 Å². The molecule has 2 aromatic carbocycles. The number of nitrogens with one attached hydrogen (secondary N) is 2. The van der Waals surface area contributed by atoms with Gasteiger partial charge in [0.2, 0.25) is 5.91 Å². The van der Waals surface area contributed by atoms with Crippen LogP contribution in [0.15, 0.2) is 48.5 Å². The summed E-state index contributed by atoms with van der Waals surface area (Å²) in [4.78, 5) is 23.3.